The molecule has 0 atom stereocenters. The Labute approximate surface area is 306 Å². The topological polar surface area (TPSA) is 43.6 Å². The number of fused-ring (bicyclic) bond motifs is 6. The van der Waals surface area contributed by atoms with Gasteiger partial charge in [0.05, 0.1) is 24.7 Å². The van der Waals surface area contributed by atoms with E-state index in [1.165, 1.54) is 11.3 Å². The molecule has 0 spiro atoms. The Kier molecular flexibility index (Phi) is 4.69. The van der Waals surface area contributed by atoms with Gasteiger partial charge in [0.1, 0.15) is 0 Å². The Balaban J connectivity index is 1.33. The van der Waals surface area contributed by atoms with E-state index in [0.29, 0.717) is 38.6 Å². The Hall–Kier alpha value is -6.43. The van der Waals surface area contributed by atoms with Crippen molar-refractivity contribution in [2.24, 2.45) is 0 Å². The summed E-state index contributed by atoms with van der Waals surface area (Å²) in [5, 5.41) is 3.28. The van der Waals surface area contributed by atoms with Crippen molar-refractivity contribution in [3.63, 3.8) is 0 Å². The molecule has 0 fully saturated rings. The van der Waals surface area contributed by atoms with Gasteiger partial charge in [0.25, 0.3) is 0 Å². The first-order chi connectivity index (χ1) is 28.9. The van der Waals surface area contributed by atoms with Crippen LogP contribution in [0, 0.1) is 0 Å². The molecule has 0 unspecified atom stereocenters. The zero-order valence-electron chi connectivity index (χ0n) is 36.1. The number of aromatic nitrogens is 4. The van der Waals surface area contributed by atoms with Gasteiger partial charge in [-0.2, -0.15) is 9.97 Å². The van der Waals surface area contributed by atoms with Gasteiger partial charge in [0, 0.05) is 47.6 Å². The minimum absolute atomic E-state index is 0.0755. The van der Waals surface area contributed by atoms with E-state index < -0.39 is 60.4 Å². The molecule has 0 saturated heterocycles. The highest BCUT2D eigenvalue weighted by Gasteiger charge is 2.21. The summed E-state index contributed by atoms with van der Waals surface area (Å²) >= 11 is 1.34. The number of para-hydroxylation sites is 2. The zero-order chi connectivity index (χ0) is 41.7. The molecule has 0 amide bonds. The van der Waals surface area contributed by atoms with Crippen LogP contribution in [0.25, 0.3) is 93.0 Å². The number of benzene rings is 7. The molecule has 4 nitrogen and oxygen atoms in total. The van der Waals surface area contributed by atoms with E-state index in [0.717, 1.165) is 32.1 Å². The summed E-state index contributed by atoms with van der Waals surface area (Å²) in [4.78, 5) is 15.3. The minimum Gasteiger partial charge on any atom is -0.278 e. The van der Waals surface area contributed by atoms with Crippen LogP contribution in [0.2, 0.25) is 0 Å². The molecule has 3 aromatic heterocycles. The van der Waals surface area contributed by atoms with Crippen LogP contribution in [-0.4, -0.2) is 19.5 Å². The lowest BCUT2D eigenvalue weighted by atomic mass is 9.95. The third-order valence-electron chi connectivity index (χ3n) is 8.83. The molecule has 3 heterocycles. The van der Waals surface area contributed by atoms with Gasteiger partial charge in [0.2, 0.25) is 5.95 Å². The first-order valence-electron chi connectivity index (χ1n) is 20.9. The summed E-state index contributed by atoms with van der Waals surface area (Å²) in [5.41, 5.74) is 3.47. The van der Waals surface area contributed by atoms with Crippen molar-refractivity contribution in [3.8, 4) is 51.0 Å². The van der Waals surface area contributed by atoms with Crippen LogP contribution >= 0.6 is 11.3 Å². The van der Waals surface area contributed by atoms with Gasteiger partial charge < -0.3 is 0 Å². The van der Waals surface area contributed by atoms with Crippen molar-refractivity contribution in [3.05, 3.63) is 170 Å². The van der Waals surface area contributed by atoms with E-state index >= 15 is 0 Å². The third kappa shape index (κ3) is 4.63. The molecule has 7 aromatic carbocycles. The summed E-state index contributed by atoms with van der Waals surface area (Å²) in [6, 6.07) is 29.7. The van der Waals surface area contributed by atoms with Crippen LogP contribution < -0.4 is 0 Å². The van der Waals surface area contributed by atoms with Gasteiger partial charge >= 0.3 is 0 Å². The quantitative estimate of drug-likeness (QED) is 0.184. The lowest BCUT2D eigenvalue weighted by molar-refractivity contribution is 0.954. The first kappa shape index (κ1) is 20.2. The average molecular weight is 667 g/mol. The summed E-state index contributed by atoms with van der Waals surface area (Å²) in [6.07, 6.45) is 0. The van der Waals surface area contributed by atoms with E-state index in [1.807, 2.05) is 89.5 Å². The Morgan fingerprint density at radius 3 is 1.84 bits per heavy atom. The van der Waals surface area contributed by atoms with Gasteiger partial charge in [-0.1, -0.05) is 139 Å². The van der Waals surface area contributed by atoms with Gasteiger partial charge in [-0.3, -0.25) is 4.57 Å². The first-order valence-corrected chi connectivity index (χ1v) is 16.7. The molecule has 0 aliphatic rings. The van der Waals surface area contributed by atoms with Crippen molar-refractivity contribution in [2.75, 3.05) is 0 Å². The average Bonchev–Trinajstić information content (AvgIpc) is 3.83. The normalized spacial score (nSPS) is 14.4. The van der Waals surface area contributed by atoms with E-state index in [2.05, 4.69) is 12.1 Å². The maximum atomic E-state index is 8.97. The van der Waals surface area contributed by atoms with Crippen molar-refractivity contribution in [2.45, 2.75) is 0 Å². The highest BCUT2D eigenvalue weighted by molar-refractivity contribution is 7.26. The molecule has 10 rings (SSSR count). The molecule has 10 aromatic rings. The standard InChI is InChI=1S/C45H28N4S/c1-4-15-29(16-5-1)32-27-36(30-17-6-2-7-18-30)42-37(28-32)41-35(23-14-26-40(41)50-42)44-46-43(31-19-8-3-9-20-31)47-45(48-44)49-38-24-12-10-21-33(38)34-22-11-13-25-39(34)49/h1-28H/i1D,2D,4D,5D,6D,7D,15D,16D,17D,18D. The molecular weight excluding hydrogens is 629 g/mol. The number of nitrogens with zero attached hydrogens (tertiary/aromatic N) is 4. The molecule has 0 N–H and O–H groups in total. The largest absolute Gasteiger partial charge is 0.278 e. The molecule has 5 heteroatoms. The van der Waals surface area contributed by atoms with E-state index in [-0.39, 0.29) is 22.3 Å². The van der Waals surface area contributed by atoms with Crippen molar-refractivity contribution in [1.29, 1.82) is 0 Å². The Morgan fingerprint density at radius 2 is 1.12 bits per heavy atom. The molecule has 0 radical (unpaired) electrons. The van der Waals surface area contributed by atoms with Crippen LogP contribution in [0.4, 0.5) is 0 Å². The molecular formula is C45H28N4S. The molecule has 234 valence electrons. The summed E-state index contributed by atoms with van der Waals surface area (Å²) in [6.45, 7) is 0. The summed E-state index contributed by atoms with van der Waals surface area (Å²) in [7, 11) is 0. The second-order valence-corrected chi connectivity index (χ2v) is 12.8. The second kappa shape index (κ2) is 11.6. The van der Waals surface area contributed by atoms with Gasteiger partial charge in [-0.25, -0.2) is 4.98 Å². The smallest absolute Gasteiger partial charge is 0.238 e. The van der Waals surface area contributed by atoms with Crippen LogP contribution in [0.3, 0.4) is 0 Å². The van der Waals surface area contributed by atoms with E-state index in [4.69, 9.17) is 28.7 Å². The van der Waals surface area contributed by atoms with Crippen molar-refractivity contribution in [1.82, 2.24) is 19.5 Å². The lowest BCUT2D eigenvalue weighted by Gasteiger charge is -2.12. The SMILES string of the molecule is [2H]c1c([2H])c([2H])c(-c2cc(-c3c([2H])c([2H])c([2H])c([2H])c3[2H])c3sc4cccc(-c5nc(-c6ccccc6)nc(-n6c7ccccc7c7ccccc76)n5)c4c3c2)c([2H])c1[2H]. The number of thiophene rings is 1. The fourth-order valence-corrected chi connectivity index (χ4v) is 7.89. The molecule has 0 aliphatic heterocycles. The van der Waals surface area contributed by atoms with Crippen molar-refractivity contribution >= 4 is 53.3 Å². The van der Waals surface area contributed by atoms with Crippen LogP contribution in [-0.2, 0) is 0 Å². The van der Waals surface area contributed by atoms with Crippen LogP contribution in [0.5, 0.6) is 0 Å². The fraction of sp³-hybridized carbons (Fsp3) is 0. The number of hydrogen-bond donors (Lipinski definition) is 0. The second-order valence-electron chi connectivity index (χ2n) is 11.7. The predicted molar refractivity (Wildman–Crippen MR) is 209 cm³/mol. The summed E-state index contributed by atoms with van der Waals surface area (Å²) < 4.78 is 89.6. The zero-order valence-corrected chi connectivity index (χ0v) is 26.9. The van der Waals surface area contributed by atoms with Crippen molar-refractivity contribution < 1.29 is 13.7 Å². The molecule has 0 bridgehead atoms. The predicted octanol–water partition coefficient (Wildman–Crippen LogP) is 12.0. The highest BCUT2D eigenvalue weighted by Crippen LogP contribution is 2.45. The Bertz CT molecular complexity index is 3350. The number of rotatable bonds is 5. The van der Waals surface area contributed by atoms with Gasteiger partial charge in [-0.15, -0.1) is 11.3 Å². The maximum Gasteiger partial charge on any atom is 0.238 e. The minimum atomic E-state index is -0.549. The summed E-state index contributed by atoms with van der Waals surface area (Å²) in [5.74, 6) is 1.14. The fourth-order valence-electron chi connectivity index (χ4n) is 6.66. The van der Waals surface area contributed by atoms with Gasteiger partial charge in [0.15, 0.2) is 11.6 Å². The highest BCUT2D eigenvalue weighted by atomic mass is 32.1. The lowest BCUT2D eigenvalue weighted by Crippen LogP contribution is -2.06. The van der Waals surface area contributed by atoms with Crippen LogP contribution in [0.1, 0.15) is 13.7 Å². The molecule has 50 heavy (non-hydrogen) atoms. The Morgan fingerprint density at radius 1 is 0.480 bits per heavy atom. The molecule has 0 aliphatic carbocycles. The van der Waals surface area contributed by atoms with Gasteiger partial charge in [-0.05, 0) is 47.0 Å². The van der Waals surface area contributed by atoms with E-state index in [9.17, 15) is 0 Å². The molecule has 0 saturated carbocycles. The third-order valence-corrected chi connectivity index (χ3v) is 10.0. The van der Waals surface area contributed by atoms with Crippen LogP contribution in [0.15, 0.2) is 170 Å². The maximum absolute atomic E-state index is 8.97. The van der Waals surface area contributed by atoms with E-state index in [1.54, 1.807) is 12.1 Å². The number of hydrogen-bond acceptors (Lipinski definition) is 4. The monoisotopic (exact) mass is 666 g/mol.